The van der Waals surface area contributed by atoms with E-state index < -0.39 is 57.1 Å². The number of Topliss-reactive ketones (excluding diaryl/α,β-unsaturated/α-hetero) is 1. The maximum atomic E-state index is 13.4. The third-order valence-corrected chi connectivity index (χ3v) is 7.19. The lowest BCUT2D eigenvalue weighted by molar-refractivity contribution is -0.170. The molecule has 0 spiro atoms. The first-order valence-electron chi connectivity index (χ1n) is 9.99. The van der Waals surface area contributed by atoms with Crippen LogP contribution in [-0.4, -0.2) is 67.1 Å². The van der Waals surface area contributed by atoms with Crippen molar-refractivity contribution < 1.29 is 33.9 Å². The predicted octanol–water partition coefficient (Wildman–Crippen LogP) is 0.808. The molecule has 12 heteroatoms. The van der Waals surface area contributed by atoms with Crippen molar-refractivity contribution in [2.75, 3.05) is 10.6 Å². The summed E-state index contributed by atoms with van der Waals surface area (Å²) in [5.41, 5.74) is -2.00. The van der Waals surface area contributed by atoms with Gasteiger partial charge in [0.05, 0.1) is 16.9 Å². The van der Waals surface area contributed by atoms with Crippen LogP contribution < -0.4 is 16.0 Å². The summed E-state index contributed by atoms with van der Waals surface area (Å²) in [6, 6.07) is 3.21. The molecule has 0 aliphatic carbocycles. The monoisotopic (exact) mass is 476 g/mol. The number of carboxylic acid groups (broad SMARTS) is 1. The molecule has 11 nitrogen and oxygen atoms in total. The summed E-state index contributed by atoms with van der Waals surface area (Å²) in [5, 5.41) is 16.2. The highest BCUT2D eigenvalue weighted by molar-refractivity contribution is 8.01. The zero-order valence-electron chi connectivity index (χ0n) is 18.6. The molecule has 4 N–H and O–H groups in total. The van der Waals surface area contributed by atoms with Crippen LogP contribution >= 0.6 is 11.8 Å². The van der Waals surface area contributed by atoms with Crippen molar-refractivity contribution >= 4 is 58.5 Å². The molecule has 33 heavy (non-hydrogen) atoms. The number of carboxylic acids is 1. The number of thioether (sulfide) groups is 1. The van der Waals surface area contributed by atoms with Crippen LogP contribution in [-0.2, 0) is 24.0 Å². The minimum Gasteiger partial charge on any atom is -0.480 e. The fraction of sp³-hybridized carbons (Fsp3) is 0.429. The SMILES string of the molecule is CC(=O)Nc1cccc(NC(C)=O)c1C(=O)NC1(C(C)=O)C(=O)N2[C@@H](C(=O)O)C(C)(C)S[C@@H]21. The maximum absolute atomic E-state index is 13.4. The minimum absolute atomic E-state index is 0.0661. The lowest BCUT2D eigenvalue weighted by Gasteiger charge is -2.51. The molecule has 0 bridgehead atoms. The van der Waals surface area contributed by atoms with Gasteiger partial charge >= 0.3 is 5.97 Å². The van der Waals surface area contributed by atoms with Gasteiger partial charge in [0.25, 0.3) is 11.8 Å². The smallest absolute Gasteiger partial charge is 0.327 e. The maximum Gasteiger partial charge on any atom is 0.327 e. The Hall–Kier alpha value is -3.41. The lowest BCUT2D eigenvalue weighted by Crippen LogP contribution is -2.82. The average molecular weight is 477 g/mol. The third kappa shape index (κ3) is 3.84. The van der Waals surface area contributed by atoms with Crippen molar-refractivity contribution in [3.63, 3.8) is 0 Å². The minimum atomic E-state index is -1.99. The Labute approximate surface area is 193 Å². The molecule has 4 amide bonds. The van der Waals surface area contributed by atoms with Crippen LogP contribution in [0.5, 0.6) is 0 Å². The van der Waals surface area contributed by atoms with Crippen molar-refractivity contribution in [2.24, 2.45) is 0 Å². The number of ketones is 1. The third-order valence-electron chi connectivity index (χ3n) is 5.56. The van der Waals surface area contributed by atoms with E-state index in [1.54, 1.807) is 13.8 Å². The molecule has 1 aromatic rings. The summed E-state index contributed by atoms with van der Waals surface area (Å²) in [6.45, 7) is 6.91. The molecule has 3 rings (SSSR count). The zero-order chi connectivity index (χ0) is 24.9. The number of nitrogens with zero attached hydrogens (tertiary/aromatic N) is 1. The number of fused-ring (bicyclic) bond motifs is 1. The molecule has 0 saturated carbocycles. The van der Waals surface area contributed by atoms with Gasteiger partial charge in [-0.3, -0.25) is 24.0 Å². The van der Waals surface area contributed by atoms with Gasteiger partial charge in [0.15, 0.2) is 5.78 Å². The fourth-order valence-electron chi connectivity index (χ4n) is 4.21. The molecule has 176 valence electrons. The molecule has 0 radical (unpaired) electrons. The number of anilines is 2. The van der Waals surface area contributed by atoms with Crippen LogP contribution in [0.15, 0.2) is 18.2 Å². The van der Waals surface area contributed by atoms with E-state index in [1.165, 1.54) is 32.0 Å². The summed E-state index contributed by atoms with van der Waals surface area (Å²) < 4.78 is -0.913. The number of benzene rings is 1. The molecule has 1 unspecified atom stereocenters. The lowest BCUT2D eigenvalue weighted by atomic mass is 9.81. The van der Waals surface area contributed by atoms with Crippen molar-refractivity contribution in [1.29, 1.82) is 0 Å². The van der Waals surface area contributed by atoms with Crippen LogP contribution in [0.25, 0.3) is 0 Å². The van der Waals surface area contributed by atoms with E-state index in [9.17, 15) is 33.9 Å². The summed E-state index contributed by atoms with van der Waals surface area (Å²) in [5.74, 6) is -4.53. The van der Waals surface area contributed by atoms with E-state index >= 15 is 0 Å². The highest BCUT2D eigenvalue weighted by Gasteiger charge is 2.74. The van der Waals surface area contributed by atoms with Gasteiger partial charge in [0.2, 0.25) is 17.4 Å². The molecule has 2 heterocycles. The van der Waals surface area contributed by atoms with Crippen LogP contribution in [0.2, 0.25) is 0 Å². The first kappa shape index (κ1) is 24.2. The molecule has 3 atom stereocenters. The van der Waals surface area contributed by atoms with E-state index in [1.807, 2.05) is 0 Å². The molecule has 2 aliphatic rings. The van der Waals surface area contributed by atoms with Gasteiger partial charge in [-0.15, -0.1) is 11.8 Å². The van der Waals surface area contributed by atoms with E-state index in [-0.39, 0.29) is 16.9 Å². The van der Waals surface area contributed by atoms with E-state index in [0.29, 0.717) is 0 Å². The zero-order valence-corrected chi connectivity index (χ0v) is 19.5. The number of aliphatic carboxylic acids is 1. The Morgan fingerprint density at radius 1 is 1.00 bits per heavy atom. The van der Waals surface area contributed by atoms with Crippen LogP contribution in [0, 0.1) is 0 Å². The number of hydrogen-bond donors (Lipinski definition) is 4. The second kappa shape index (κ2) is 8.18. The number of hydrogen-bond acceptors (Lipinski definition) is 7. The first-order valence-corrected chi connectivity index (χ1v) is 10.9. The Kier molecular flexibility index (Phi) is 6.01. The second-order valence-corrected chi connectivity index (χ2v) is 10.2. The number of carbonyl (C=O) groups is 6. The van der Waals surface area contributed by atoms with Gasteiger partial charge in [-0.05, 0) is 32.9 Å². The molecular formula is C21H24N4O7S. The van der Waals surface area contributed by atoms with E-state index in [0.717, 1.165) is 23.6 Å². The molecular weight excluding hydrogens is 452 g/mol. The Morgan fingerprint density at radius 2 is 1.52 bits per heavy atom. The van der Waals surface area contributed by atoms with Crippen molar-refractivity contribution in [1.82, 2.24) is 10.2 Å². The summed E-state index contributed by atoms with van der Waals surface area (Å²) >= 11 is 1.11. The van der Waals surface area contributed by atoms with Gasteiger partial charge in [0.1, 0.15) is 11.4 Å². The van der Waals surface area contributed by atoms with Crippen LogP contribution in [0.4, 0.5) is 11.4 Å². The van der Waals surface area contributed by atoms with Gasteiger partial charge in [0, 0.05) is 18.6 Å². The van der Waals surface area contributed by atoms with Crippen molar-refractivity contribution in [2.45, 2.75) is 56.3 Å². The summed E-state index contributed by atoms with van der Waals surface area (Å²) in [6.07, 6.45) is 0. The number of nitrogens with one attached hydrogen (secondary N) is 3. The highest BCUT2D eigenvalue weighted by atomic mass is 32.2. The van der Waals surface area contributed by atoms with Gasteiger partial charge < -0.3 is 26.0 Å². The molecule has 1 aromatic carbocycles. The van der Waals surface area contributed by atoms with Gasteiger partial charge in [-0.1, -0.05) is 6.07 Å². The quantitative estimate of drug-likeness (QED) is 0.346. The van der Waals surface area contributed by atoms with Gasteiger partial charge in [-0.25, -0.2) is 4.79 Å². The molecule has 0 aromatic heterocycles. The largest absolute Gasteiger partial charge is 0.480 e. The standard InChI is InChI=1S/C21H24N4O7S/c1-9(26)21(18(32)25-15(17(30)31)20(4,5)33-19(21)25)24-16(29)14-12(22-10(2)27)7-6-8-13(14)23-11(3)28/h6-8,15,19H,1-5H3,(H,22,27)(H,23,28)(H,24,29)(H,30,31)/t15-,19+,21?/m0/s1. The Bertz CT molecular complexity index is 1070. The predicted molar refractivity (Wildman–Crippen MR) is 120 cm³/mol. The number of amides is 4. The summed E-state index contributed by atoms with van der Waals surface area (Å²) in [4.78, 5) is 75.5. The summed E-state index contributed by atoms with van der Waals surface area (Å²) in [7, 11) is 0. The molecule has 2 saturated heterocycles. The topological polar surface area (TPSA) is 162 Å². The van der Waals surface area contributed by atoms with Crippen molar-refractivity contribution in [3.8, 4) is 0 Å². The van der Waals surface area contributed by atoms with Crippen LogP contribution in [0.3, 0.4) is 0 Å². The molecule has 2 aliphatic heterocycles. The fourth-order valence-corrected chi connectivity index (χ4v) is 5.97. The van der Waals surface area contributed by atoms with Crippen LogP contribution in [0.1, 0.15) is 45.0 Å². The average Bonchev–Trinajstić information content (AvgIpc) is 2.93. The number of β-lactam (4-membered cyclic amide) rings is 1. The Balaban J connectivity index is 2.05. The molecule has 2 fully saturated rings. The van der Waals surface area contributed by atoms with Crippen molar-refractivity contribution in [3.05, 3.63) is 23.8 Å². The van der Waals surface area contributed by atoms with Gasteiger partial charge in [-0.2, -0.15) is 0 Å². The first-order chi connectivity index (χ1) is 15.2. The second-order valence-electron chi connectivity index (χ2n) is 8.44. The normalized spacial score (nSPS) is 24.9. The number of carbonyl (C=O) groups excluding carboxylic acids is 5. The van der Waals surface area contributed by atoms with E-state index in [4.69, 9.17) is 0 Å². The highest BCUT2D eigenvalue weighted by Crippen LogP contribution is 2.55. The number of rotatable bonds is 6. The Morgan fingerprint density at radius 3 is 1.94 bits per heavy atom. The van der Waals surface area contributed by atoms with E-state index in [2.05, 4.69) is 16.0 Å².